The van der Waals surface area contributed by atoms with Gasteiger partial charge in [0, 0.05) is 18.2 Å². The number of carboxylic acid groups (broad SMARTS) is 1. The number of aromatic nitrogens is 3. The highest BCUT2D eigenvalue weighted by Crippen LogP contribution is 2.31. The molecule has 0 saturated carbocycles. The zero-order chi connectivity index (χ0) is 17.3. The number of hydrogen-bond donors (Lipinski definition) is 2. The van der Waals surface area contributed by atoms with E-state index < -0.39 is 12.6 Å². The number of alkyl halides is 2. The van der Waals surface area contributed by atoms with Gasteiger partial charge in [0.05, 0.1) is 16.6 Å². The number of hydrogen-bond acceptors (Lipinski definition) is 4. The molecule has 0 radical (unpaired) electrons. The van der Waals surface area contributed by atoms with Crippen molar-refractivity contribution in [3.63, 3.8) is 0 Å². The van der Waals surface area contributed by atoms with Gasteiger partial charge in [0.2, 0.25) is 0 Å². The Balaban J connectivity index is 2.24. The van der Waals surface area contributed by atoms with Crippen molar-refractivity contribution < 1.29 is 23.4 Å². The van der Waals surface area contributed by atoms with Crippen molar-refractivity contribution in [3.05, 3.63) is 41.9 Å². The maximum Gasteiger partial charge on any atom is 0.387 e. The van der Waals surface area contributed by atoms with Gasteiger partial charge in [0.25, 0.3) is 0 Å². The predicted octanol–water partition coefficient (Wildman–Crippen LogP) is 3.49. The van der Waals surface area contributed by atoms with Crippen molar-refractivity contribution in [1.82, 2.24) is 15.0 Å². The van der Waals surface area contributed by atoms with Crippen LogP contribution in [-0.4, -0.2) is 32.6 Å². The van der Waals surface area contributed by atoms with Crippen LogP contribution in [0.4, 0.5) is 8.78 Å². The second-order valence-electron chi connectivity index (χ2n) is 4.98. The number of benzene rings is 1. The average Bonchev–Trinajstić information content (AvgIpc) is 2.97. The number of aromatic amines is 1. The number of fused-ring (bicyclic) bond motifs is 1. The summed E-state index contributed by atoms with van der Waals surface area (Å²) in [4.78, 5) is 22.9. The molecular formula is C16H13F2N3O3. The molecule has 0 aliphatic rings. The molecule has 2 heterocycles. The van der Waals surface area contributed by atoms with Gasteiger partial charge in [-0.25, -0.2) is 14.8 Å². The van der Waals surface area contributed by atoms with Crippen LogP contribution in [0.1, 0.15) is 23.1 Å². The smallest absolute Gasteiger partial charge is 0.387 e. The number of rotatable bonds is 5. The van der Waals surface area contributed by atoms with E-state index in [1.807, 2.05) is 6.92 Å². The van der Waals surface area contributed by atoms with Crippen LogP contribution in [0.25, 0.3) is 22.3 Å². The molecule has 8 heteroatoms. The summed E-state index contributed by atoms with van der Waals surface area (Å²) in [6, 6.07) is 5.98. The van der Waals surface area contributed by atoms with Gasteiger partial charge in [0.1, 0.15) is 17.2 Å². The molecule has 0 saturated heterocycles. The lowest BCUT2D eigenvalue weighted by Crippen LogP contribution is -2.03. The van der Waals surface area contributed by atoms with E-state index in [0.29, 0.717) is 34.5 Å². The van der Waals surface area contributed by atoms with Crippen LogP contribution in [0.15, 0.2) is 30.5 Å². The molecule has 3 aromatic rings. The molecule has 6 nitrogen and oxygen atoms in total. The van der Waals surface area contributed by atoms with Gasteiger partial charge in [-0.3, -0.25) is 0 Å². The average molecular weight is 333 g/mol. The fraction of sp³-hybridized carbons (Fsp3) is 0.188. The summed E-state index contributed by atoms with van der Waals surface area (Å²) < 4.78 is 29.2. The van der Waals surface area contributed by atoms with E-state index in [9.17, 15) is 18.7 Å². The highest BCUT2D eigenvalue weighted by atomic mass is 19.3. The van der Waals surface area contributed by atoms with Crippen LogP contribution in [0, 0.1) is 0 Å². The largest absolute Gasteiger partial charge is 0.478 e. The number of carboxylic acids is 1. The van der Waals surface area contributed by atoms with Crippen molar-refractivity contribution in [2.75, 3.05) is 0 Å². The SMILES string of the molecule is CCc1nc(-c2cccc(OC(F)F)c2)c2c(C(=O)O)c[nH]c2n1. The van der Waals surface area contributed by atoms with Gasteiger partial charge in [-0.2, -0.15) is 8.78 Å². The van der Waals surface area contributed by atoms with Crippen LogP contribution < -0.4 is 4.74 Å². The molecule has 0 bridgehead atoms. The summed E-state index contributed by atoms with van der Waals surface area (Å²) >= 11 is 0. The Morgan fingerprint density at radius 2 is 2.17 bits per heavy atom. The number of H-pyrrole nitrogens is 1. The van der Waals surface area contributed by atoms with E-state index in [4.69, 9.17) is 0 Å². The highest BCUT2D eigenvalue weighted by Gasteiger charge is 2.19. The van der Waals surface area contributed by atoms with E-state index in [1.54, 1.807) is 12.1 Å². The summed E-state index contributed by atoms with van der Waals surface area (Å²) in [5.74, 6) is -0.647. The summed E-state index contributed by atoms with van der Waals surface area (Å²) in [5, 5.41) is 9.67. The van der Waals surface area contributed by atoms with Gasteiger partial charge in [0.15, 0.2) is 0 Å². The van der Waals surface area contributed by atoms with Crippen molar-refractivity contribution in [3.8, 4) is 17.0 Å². The Bertz CT molecular complexity index is 909. The first-order valence-electron chi connectivity index (χ1n) is 7.16. The maximum atomic E-state index is 12.4. The van der Waals surface area contributed by atoms with Gasteiger partial charge in [-0.15, -0.1) is 0 Å². The molecule has 24 heavy (non-hydrogen) atoms. The second-order valence-corrected chi connectivity index (χ2v) is 4.98. The minimum Gasteiger partial charge on any atom is -0.478 e. The molecule has 0 fully saturated rings. The predicted molar refractivity (Wildman–Crippen MR) is 82.3 cm³/mol. The highest BCUT2D eigenvalue weighted by molar-refractivity contribution is 6.07. The van der Waals surface area contributed by atoms with Gasteiger partial charge in [-0.1, -0.05) is 19.1 Å². The number of aryl methyl sites for hydroxylation is 1. The Labute approximate surface area is 135 Å². The molecule has 2 N–H and O–H groups in total. The summed E-state index contributed by atoms with van der Waals surface area (Å²) in [6.07, 6.45) is 1.88. The zero-order valence-corrected chi connectivity index (χ0v) is 12.6. The van der Waals surface area contributed by atoms with Crippen LogP contribution in [-0.2, 0) is 6.42 Å². The number of aromatic carboxylic acids is 1. The lowest BCUT2D eigenvalue weighted by Gasteiger charge is -2.09. The molecule has 2 aromatic heterocycles. The summed E-state index contributed by atoms with van der Waals surface area (Å²) in [7, 11) is 0. The lowest BCUT2D eigenvalue weighted by atomic mass is 10.1. The normalized spacial score (nSPS) is 11.2. The van der Waals surface area contributed by atoms with Gasteiger partial charge < -0.3 is 14.8 Å². The minimum atomic E-state index is -2.95. The molecule has 124 valence electrons. The Hall–Kier alpha value is -3.03. The monoisotopic (exact) mass is 333 g/mol. The van der Waals surface area contributed by atoms with E-state index in [0.717, 1.165) is 0 Å². The van der Waals surface area contributed by atoms with E-state index in [1.165, 1.54) is 18.3 Å². The van der Waals surface area contributed by atoms with Crippen LogP contribution in [0.5, 0.6) is 5.75 Å². The molecule has 0 unspecified atom stereocenters. The minimum absolute atomic E-state index is 0.0165. The van der Waals surface area contributed by atoms with Crippen molar-refractivity contribution in [2.24, 2.45) is 0 Å². The van der Waals surface area contributed by atoms with Crippen LogP contribution in [0.2, 0.25) is 0 Å². The van der Waals surface area contributed by atoms with Crippen molar-refractivity contribution >= 4 is 17.0 Å². The van der Waals surface area contributed by atoms with Gasteiger partial charge >= 0.3 is 12.6 Å². The molecule has 0 spiro atoms. The number of nitrogens with one attached hydrogen (secondary N) is 1. The van der Waals surface area contributed by atoms with E-state index in [2.05, 4.69) is 19.7 Å². The Kier molecular flexibility index (Phi) is 4.11. The third kappa shape index (κ3) is 2.90. The Morgan fingerprint density at radius 1 is 1.38 bits per heavy atom. The second kappa shape index (κ2) is 6.23. The maximum absolute atomic E-state index is 12.4. The lowest BCUT2D eigenvalue weighted by molar-refractivity contribution is -0.0498. The van der Waals surface area contributed by atoms with Crippen LogP contribution >= 0.6 is 0 Å². The summed E-state index contributed by atoms with van der Waals surface area (Å²) in [6.45, 7) is -1.08. The number of nitrogens with zero attached hydrogens (tertiary/aromatic N) is 2. The molecule has 0 aliphatic heterocycles. The van der Waals surface area contributed by atoms with E-state index in [-0.39, 0.29) is 11.3 Å². The topological polar surface area (TPSA) is 88.1 Å². The molecular weight excluding hydrogens is 320 g/mol. The molecule has 3 rings (SSSR count). The first-order chi connectivity index (χ1) is 11.5. The fourth-order valence-electron chi connectivity index (χ4n) is 2.43. The van der Waals surface area contributed by atoms with Crippen molar-refractivity contribution in [2.45, 2.75) is 20.0 Å². The molecule has 0 amide bonds. The third-order valence-corrected chi connectivity index (χ3v) is 3.46. The molecule has 1 aromatic carbocycles. The summed E-state index contributed by atoms with van der Waals surface area (Å²) in [5.41, 5.74) is 1.23. The quantitative estimate of drug-likeness (QED) is 0.746. The standard InChI is InChI=1S/C16H13F2N3O3/c1-2-11-20-13(8-4-3-5-9(6-8)24-16(17)18)12-10(15(22)23)7-19-14(12)21-11/h3-7,16H,2H2,1H3,(H,22,23)(H,19,20,21). The molecule has 0 aliphatic carbocycles. The zero-order valence-electron chi connectivity index (χ0n) is 12.6. The number of halogens is 2. The Morgan fingerprint density at radius 3 is 2.83 bits per heavy atom. The third-order valence-electron chi connectivity index (χ3n) is 3.46. The first-order valence-corrected chi connectivity index (χ1v) is 7.16. The van der Waals surface area contributed by atoms with E-state index >= 15 is 0 Å². The fourth-order valence-corrected chi connectivity index (χ4v) is 2.43. The first kappa shape index (κ1) is 15.9. The molecule has 0 atom stereocenters. The van der Waals surface area contributed by atoms with Crippen LogP contribution in [0.3, 0.4) is 0 Å². The van der Waals surface area contributed by atoms with Gasteiger partial charge in [-0.05, 0) is 12.1 Å². The van der Waals surface area contributed by atoms with Crippen molar-refractivity contribution in [1.29, 1.82) is 0 Å². The number of ether oxygens (including phenoxy) is 1. The number of carbonyl (C=O) groups is 1.